The van der Waals surface area contributed by atoms with Crippen LogP contribution in [0.15, 0.2) is 11.0 Å². The molecule has 1 aliphatic heterocycles. The number of aromatic nitrogens is 5. The minimum absolute atomic E-state index is 0.0294. The molecule has 4 rings (SSSR count). The maximum Gasteiger partial charge on any atom is 0.267 e. The van der Waals surface area contributed by atoms with Gasteiger partial charge in [0.2, 0.25) is 5.91 Å². The summed E-state index contributed by atoms with van der Waals surface area (Å²) in [5, 5.41) is 9.63. The van der Waals surface area contributed by atoms with Gasteiger partial charge in [0.05, 0.1) is 13.0 Å². The zero-order chi connectivity index (χ0) is 15.1. The number of H-pyrrole nitrogens is 2. The molecule has 0 radical (unpaired) electrons. The SMILES string of the molecule is O=C(Cc1c[nH][nH]c1=O)N1CCc2nc(C3CC3)nn2CC1. The van der Waals surface area contributed by atoms with Crippen molar-refractivity contribution in [1.82, 2.24) is 29.9 Å². The Balaban J connectivity index is 1.43. The van der Waals surface area contributed by atoms with Crippen molar-refractivity contribution in [2.75, 3.05) is 13.1 Å². The van der Waals surface area contributed by atoms with Crippen LogP contribution in [0.25, 0.3) is 0 Å². The van der Waals surface area contributed by atoms with E-state index in [4.69, 9.17) is 0 Å². The molecule has 116 valence electrons. The minimum Gasteiger partial charge on any atom is -0.340 e. The Morgan fingerprint density at radius 3 is 2.91 bits per heavy atom. The molecular formula is C14H18N6O2. The van der Waals surface area contributed by atoms with E-state index in [9.17, 15) is 9.59 Å². The Kier molecular flexibility index (Phi) is 3.09. The van der Waals surface area contributed by atoms with Gasteiger partial charge >= 0.3 is 0 Å². The Morgan fingerprint density at radius 2 is 2.18 bits per heavy atom. The van der Waals surface area contributed by atoms with Crippen molar-refractivity contribution in [3.8, 4) is 0 Å². The fourth-order valence-corrected chi connectivity index (χ4v) is 2.82. The van der Waals surface area contributed by atoms with Gasteiger partial charge in [-0.05, 0) is 12.8 Å². The van der Waals surface area contributed by atoms with Crippen LogP contribution in [0.1, 0.15) is 36.0 Å². The number of hydrogen-bond donors (Lipinski definition) is 2. The number of rotatable bonds is 3. The van der Waals surface area contributed by atoms with Gasteiger partial charge in [0.25, 0.3) is 5.56 Å². The second-order valence-electron chi connectivity index (χ2n) is 5.96. The molecule has 1 amide bonds. The van der Waals surface area contributed by atoms with Gasteiger partial charge in [0.1, 0.15) is 5.82 Å². The van der Waals surface area contributed by atoms with E-state index in [0.717, 1.165) is 18.1 Å². The van der Waals surface area contributed by atoms with E-state index < -0.39 is 0 Å². The lowest BCUT2D eigenvalue weighted by Gasteiger charge is -2.19. The maximum absolute atomic E-state index is 12.3. The van der Waals surface area contributed by atoms with Crippen molar-refractivity contribution < 1.29 is 4.79 Å². The second-order valence-corrected chi connectivity index (χ2v) is 5.96. The molecule has 0 unspecified atom stereocenters. The van der Waals surface area contributed by atoms with Crippen molar-refractivity contribution in [3.05, 3.63) is 33.8 Å². The summed E-state index contributed by atoms with van der Waals surface area (Å²) in [6.45, 7) is 1.91. The quantitative estimate of drug-likeness (QED) is 0.820. The lowest BCUT2D eigenvalue weighted by Crippen LogP contribution is -2.35. The molecule has 0 bridgehead atoms. The molecule has 0 aromatic carbocycles. The average Bonchev–Trinajstić information content (AvgIpc) is 3.22. The number of carbonyl (C=O) groups is 1. The maximum atomic E-state index is 12.3. The Bertz CT molecular complexity index is 728. The van der Waals surface area contributed by atoms with Crippen LogP contribution >= 0.6 is 0 Å². The van der Waals surface area contributed by atoms with Crippen LogP contribution in [0, 0.1) is 0 Å². The molecule has 22 heavy (non-hydrogen) atoms. The van der Waals surface area contributed by atoms with Crippen LogP contribution in [-0.4, -0.2) is 48.9 Å². The van der Waals surface area contributed by atoms with Crippen LogP contribution in [0.5, 0.6) is 0 Å². The van der Waals surface area contributed by atoms with Crippen molar-refractivity contribution in [2.45, 2.75) is 38.1 Å². The summed E-state index contributed by atoms with van der Waals surface area (Å²) in [5.74, 6) is 2.46. The van der Waals surface area contributed by atoms with Gasteiger partial charge in [-0.3, -0.25) is 14.7 Å². The third-order valence-electron chi connectivity index (χ3n) is 4.31. The number of aromatic amines is 2. The largest absolute Gasteiger partial charge is 0.340 e. The first kappa shape index (κ1) is 13.3. The number of hydrogen-bond acceptors (Lipinski definition) is 4. The summed E-state index contributed by atoms with van der Waals surface area (Å²) < 4.78 is 1.93. The third kappa shape index (κ3) is 2.44. The first-order valence-electron chi connectivity index (χ1n) is 7.67. The Morgan fingerprint density at radius 1 is 1.32 bits per heavy atom. The highest BCUT2D eigenvalue weighted by molar-refractivity contribution is 5.78. The topological polar surface area (TPSA) is 99.7 Å². The van der Waals surface area contributed by atoms with E-state index in [-0.39, 0.29) is 17.9 Å². The Hall–Kier alpha value is -2.38. The molecule has 2 aromatic heterocycles. The van der Waals surface area contributed by atoms with Gasteiger partial charge in [-0.1, -0.05) is 0 Å². The standard InChI is InChI=1S/C14H18N6O2/c21-12(7-10-8-15-17-14(10)22)19-4-3-11-16-13(9-1-2-9)18-20(11)6-5-19/h8-9H,1-7H2,(H2,15,17,22). The molecule has 8 heteroatoms. The van der Waals surface area contributed by atoms with Crippen molar-refractivity contribution in [1.29, 1.82) is 0 Å². The van der Waals surface area contributed by atoms with Crippen molar-refractivity contribution in [3.63, 3.8) is 0 Å². The fraction of sp³-hybridized carbons (Fsp3) is 0.571. The van der Waals surface area contributed by atoms with Gasteiger partial charge in [-0.25, -0.2) is 9.67 Å². The first-order chi connectivity index (χ1) is 10.7. The number of amides is 1. The number of nitrogens with one attached hydrogen (secondary N) is 2. The molecule has 2 aromatic rings. The molecule has 3 heterocycles. The third-order valence-corrected chi connectivity index (χ3v) is 4.31. The van der Waals surface area contributed by atoms with E-state index in [2.05, 4.69) is 20.3 Å². The highest BCUT2D eigenvalue weighted by Gasteiger charge is 2.30. The van der Waals surface area contributed by atoms with Gasteiger partial charge in [-0.2, -0.15) is 5.10 Å². The minimum atomic E-state index is -0.230. The normalized spacial score (nSPS) is 18.1. The summed E-state index contributed by atoms with van der Waals surface area (Å²) in [6.07, 6.45) is 4.78. The van der Waals surface area contributed by atoms with Crippen molar-refractivity contribution >= 4 is 5.91 Å². The van der Waals surface area contributed by atoms with Crippen LogP contribution in [0.3, 0.4) is 0 Å². The van der Waals surface area contributed by atoms with E-state index in [0.29, 0.717) is 31.1 Å². The average molecular weight is 302 g/mol. The summed E-state index contributed by atoms with van der Waals surface area (Å²) in [4.78, 5) is 30.2. The molecule has 2 N–H and O–H groups in total. The van der Waals surface area contributed by atoms with Gasteiger partial charge in [-0.15, -0.1) is 0 Å². The summed E-state index contributed by atoms with van der Waals surface area (Å²) in [7, 11) is 0. The smallest absolute Gasteiger partial charge is 0.267 e. The zero-order valence-corrected chi connectivity index (χ0v) is 12.2. The summed E-state index contributed by atoms with van der Waals surface area (Å²) in [5.41, 5.74) is 0.243. The van der Waals surface area contributed by atoms with Crippen LogP contribution in [0.2, 0.25) is 0 Å². The lowest BCUT2D eigenvalue weighted by atomic mass is 10.2. The molecular weight excluding hydrogens is 284 g/mol. The van der Waals surface area contributed by atoms with Crippen molar-refractivity contribution in [2.24, 2.45) is 0 Å². The van der Waals surface area contributed by atoms with Crippen LogP contribution in [0.4, 0.5) is 0 Å². The zero-order valence-electron chi connectivity index (χ0n) is 12.2. The number of nitrogens with zero attached hydrogens (tertiary/aromatic N) is 4. The molecule has 8 nitrogen and oxygen atoms in total. The molecule has 0 atom stereocenters. The lowest BCUT2D eigenvalue weighted by molar-refractivity contribution is -0.130. The predicted molar refractivity (Wildman–Crippen MR) is 77.4 cm³/mol. The van der Waals surface area contributed by atoms with E-state index in [1.54, 1.807) is 11.1 Å². The summed E-state index contributed by atoms with van der Waals surface area (Å²) >= 11 is 0. The molecule has 1 saturated carbocycles. The molecule has 1 aliphatic carbocycles. The molecule has 1 fully saturated rings. The van der Waals surface area contributed by atoms with E-state index >= 15 is 0 Å². The monoisotopic (exact) mass is 302 g/mol. The summed E-state index contributed by atoms with van der Waals surface area (Å²) in [6, 6.07) is 0. The number of fused-ring (bicyclic) bond motifs is 1. The fourth-order valence-electron chi connectivity index (χ4n) is 2.82. The molecule has 2 aliphatic rings. The van der Waals surface area contributed by atoms with Crippen LogP contribution in [-0.2, 0) is 24.2 Å². The van der Waals surface area contributed by atoms with Crippen LogP contribution < -0.4 is 5.56 Å². The molecule has 0 spiro atoms. The van der Waals surface area contributed by atoms with Gasteiger partial charge in [0.15, 0.2) is 5.82 Å². The predicted octanol–water partition coefficient (Wildman–Crippen LogP) is -0.201. The van der Waals surface area contributed by atoms with E-state index in [1.165, 1.54) is 12.8 Å². The highest BCUT2D eigenvalue weighted by atomic mass is 16.2. The van der Waals surface area contributed by atoms with E-state index in [1.807, 2.05) is 4.68 Å². The molecule has 0 saturated heterocycles. The first-order valence-corrected chi connectivity index (χ1v) is 7.67. The highest BCUT2D eigenvalue weighted by Crippen LogP contribution is 2.38. The number of carbonyl (C=O) groups excluding carboxylic acids is 1. The van der Waals surface area contributed by atoms with Gasteiger partial charge in [0, 0.05) is 37.2 Å². The second kappa shape index (κ2) is 5.11. The Labute approximate surface area is 126 Å². The van der Waals surface area contributed by atoms with Gasteiger partial charge < -0.3 is 10.00 Å².